The van der Waals surface area contributed by atoms with Crippen molar-refractivity contribution in [2.45, 2.75) is 19.4 Å². The highest BCUT2D eigenvalue weighted by Crippen LogP contribution is 2.34. The van der Waals surface area contributed by atoms with Gasteiger partial charge in [-0.3, -0.25) is 19.7 Å². The Balaban J connectivity index is 1.84. The highest BCUT2D eigenvalue weighted by atomic mass is 16.6. The Morgan fingerprint density at radius 1 is 1.21 bits per heavy atom. The van der Waals surface area contributed by atoms with E-state index >= 15 is 0 Å². The van der Waals surface area contributed by atoms with Crippen molar-refractivity contribution in [3.8, 4) is 11.5 Å². The summed E-state index contributed by atoms with van der Waals surface area (Å²) in [5.41, 5.74) is 0.801. The number of likely N-dealkylation sites (tertiary alicyclic amines) is 1. The summed E-state index contributed by atoms with van der Waals surface area (Å²) >= 11 is 0. The normalized spacial score (nSPS) is 13.3. The second-order valence-corrected chi connectivity index (χ2v) is 6.55. The second-order valence-electron chi connectivity index (χ2n) is 6.55. The lowest BCUT2D eigenvalue weighted by Crippen LogP contribution is -2.23. The molecule has 0 bridgehead atoms. The summed E-state index contributed by atoms with van der Waals surface area (Å²) < 4.78 is 10.2. The Hall–Kier alpha value is -3.62. The van der Waals surface area contributed by atoms with Crippen molar-refractivity contribution in [2.24, 2.45) is 0 Å². The highest BCUT2D eigenvalue weighted by Gasteiger charge is 2.25. The molecule has 0 atom stereocenters. The molecule has 9 heteroatoms. The third-order valence-corrected chi connectivity index (χ3v) is 4.67. The standard InChI is InChI=1S/C20H21N3O6/c1-28-17-10-15(16(23(26)27)11-18(17)29-2)20(25)21-14-6-3-5-13(9-14)12-22-8-4-7-19(22)24/h3,5-6,9-11H,4,7-8,12H2,1-2H3,(H,21,25). The molecule has 2 aromatic carbocycles. The number of amides is 2. The molecule has 1 heterocycles. The number of nitro benzene ring substituents is 1. The van der Waals surface area contributed by atoms with Crippen molar-refractivity contribution in [1.82, 2.24) is 4.90 Å². The molecular weight excluding hydrogens is 378 g/mol. The van der Waals surface area contributed by atoms with Crippen LogP contribution in [0.2, 0.25) is 0 Å². The minimum atomic E-state index is -0.647. The van der Waals surface area contributed by atoms with E-state index in [9.17, 15) is 19.7 Å². The fraction of sp³-hybridized carbons (Fsp3) is 0.300. The molecule has 0 radical (unpaired) electrons. The maximum absolute atomic E-state index is 12.7. The van der Waals surface area contributed by atoms with Gasteiger partial charge in [0.2, 0.25) is 5.91 Å². The summed E-state index contributed by atoms with van der Waals surface area (Å²) in [7, 11) is 2.74. The molecular formula is C20H21N3O6. The van der Waals surface area contributed by atoms with Crippen LogP contribution in [-0.2, 0) is 11.3 Å². The Morgan fingerprint density at radius 2 is 1.93 bits per heavy atom. The molecule has 1 fully saturated rings. The van der Waals surface area contributed by atoms with Gasteiger partial charge in [-0.25, -0.2) is 0 Å². The third kappa shape index (κ3) is 4.45. The first-order chi connectivity index (χ1) is 13.9. The van der Waals surface area contributed by atoms with Gasteiger partial charge in [-0.1, -0.05) is 12.1 Å². The highest BCUT2D eigenvalue weighted by molar-refractivity contribution is 6.07. The molecule has 1 saturated heterocycles. The predicted molar refractivity (Wildman–Crippen MR) is 105 cm³/mol. The maximum atomic E-state index is 12.7. The van der Waals surface area contributed by atoms with Gasteiger partial charge in [0.1, 0.15) is 5.56 Å². The van der Waals surface area contributed by atoms with Gasteiger partial charge < -0.3 is 19.7 Å². The Kier molecular flexibility index (Phi) is 5.96. The molecule has 152 valence electrons. The molecule has 0 unspecified atom stereocenters. The van der Waals surface area contributed by atoms with E-state index in [1.54, 1.807) is 23.1 Å². The van der Waals surface area contributed by atoms with E-state index in [-0.39, 0.29) is 28.7 Å². The molecule has 1 aliphatic rings. The topological polar surface area (TPSA) is 111 Å². The molecule has 29 heavy (non-hydrogen) atoms. The minimum absolute atomic E-state index is 0.111. The van der Waals surface area contributed by atoms with Crippen LogP contribution >= 0.6 is 0 Å². The molecule has 1 aliphatic heterocycles. The van der Waals surface area contributed by atoms with E-state index in [0.29, 0.717) is 25.2 Å². The van der Waals surface area contributed by atoms with Crippen LogP contribution in [-0.4, -0.2) is 42.4 Å². The largest absolute Gasteiger partial charge is 0.493 e. The lowest BCUT2D eigenvalue weighted by atomic mass is 10.1. The number of ether oxygens (including phenoxy) is 2. The predicted octanol–water partition coefficient (Wildman–Crippen LogP) is 2.99. The SMILES string of the molecule is COc1cc(C(=O)Nc2cccc(CN3CCCC3=O)c2)c([N+](=O)[O-])cc1OC. The zero-order chi connectivity index (χ0) is 21.0. The van der Waals surface area contributed by atoms with Crippen LogP contribution in [0.5, 0.6) is 11.5 Å². The fourth-order valence-corrected chi connectivity index (χ4v) is 3.24. The molecule has 0 spiro atoms. The molecule has 3 rings (SSSR count). The number of carbonyl (C=O) groups is 2. The summed E-state index contributed by atoms with van der Waals surface area (Å²) in [5, 5.41) is 14.1. The molecule has 2 aromatic rings. The van der Waals surface area contributed by atoms with Gasteiger partial charge in [-0.2, -0.15) is 0 Å². The van der Waals surface area contributed by atoms with Gasteiger partial charge >= 0.3 is 0 Å². The Morgan fingerprint density at radius 3 is 2.55 bits per heavy atom. The monoisotopic (exact) mass is 399 g/mol. The number of methoxy groups -OCH3 is 2. The van der Waals surface area contributed by atoms with E-state index in [1.807, 2.05) is 6.07 Å². The van der Waals surface area contributed by atoms with Gasteiger partial charge in [0.25, 0.3) is 11.6 Å². The van der Waals surface area contributed by atoms with Crippen molar-refractivity contribution in [3.63, 3.8) is 0 Å². The van der Waals surface area contributed by atoms with Crippen molar-refractivity contribution in [2.75, 3.05) is 26.1 Å². The maximum Gasteiger partial charge on any atom is 0.286 e. The zero-order valence-electron chi connectivity index (χ0n) is 16.1. The zero-order valence-corrected chi connectivity index (χ0v) is 16.1. The first-order valence-electron chi connectivity index (χ1n) is 9.01. The summed E-state index contributed by atoms with van der Waals surface area (Å²) in [5.74, 6) is -0.162. The van der Waals surface area contributed by atoms with Crippen LogP contribution in [0.25, 0.3) is 0 Å². The minimum Gasteiger partial charge on any atom is -0.493 e. The van der Waals surface area contributed by atoms with Crippen molar-refractivity contribution >= 4 is 23.2 Å². The molecule has 0 aromatic heterocycles. The molecule has 9 nitrogen and oxygen atoms in total. The van der Waals surface area contributed by atoms with Crippen LogP contribution in [0, 0.1) is 10.1 Å². The number of hydrogen-bond acceptors (Lipinski definition) is 6. The number of nitrogens with zero attached hydrogens (tertiary/aromatic N) is 2. The number of nitrogens with one attached hydrogen (secondary N) is 1. The molecule has 1 N–H and O–H groups in total. The third-order valence-electron chi connectivity index (χ3n) is 4.67. The summed E-state index contributed by atoms with van der Waals surface area (Å²) in [6.45, 7) is 1.17. The average molecular weight is 399 g/mol. The van der Waals surface area contributed by atoms with Crippen LogP contribution < -0.4 is 14.8 Å². The number of nitro groups is 1. The number of rotatable bonds is 7. The van der Waals surface area contributed by atoms with Gasteiger partial charge in [-0.15, -0.1) is 0 Å². The second kappa shape index (κ2) is 8.59. The Labute approximate surface area is 167 Å². The number of hydrogen-bond donors (Lipinski definition) is 1. The van der Waals surface area contributed by atoms with Crippen LogP contribution in [0.3, 0.4) is 0 Å². The van der Waals surface area contributed by atoms with E-state index in [0.717, 1.165) is 18.1 Å². The summed E-state index contributed by atoms with van der Waals surface area (Å²) in [4.78, 5) is 37.1. The summed E-state index contributed by atoms with van der Waals surface area (Å²) in [6, 6.07) is 9.48. The lowest BCUT2D eigenvalue weighted by molar-refractivity contribution is -0.385. The van der Waals surface area contributed by atoms with E-state index in [4.69, 9.17) is 9.47 Å². The lowest BCUT2D eigenvalue weighted by Gasteiger charge is -2.16. The Bertz CT molecular complexity index is 959. The van der Waals surface area contributed by atoms with Gasteiger partial charge in [0.15, 0.2) is 11.5 Å². The van der Waals surface area contributed by atoms with E-state index in [2.05, 4.69) is 5.32 Å². The van der Waals surface area contributed by atoms with Crippen LogP contribution in [0.1, 0.15) is 28.8 Å². The van der Waals surface area contributed by atoms with Gasteiger partial charge in [-0.05, 0) is 24.1 Å². The number of anilines is 1. The molecule has 0 saturated carbocycles. The number of carbonyl (C=O) groups excluding carboxylic acids is 2. The van der Waals surface area contributed by atoms with Crippen molar-refractivity contribution in [3.05, 3.63) is 57.6 Å². The van der Waals surface area contributed by atoms with Crippen LogP contribution in [0.15, 0.2) is 36.4 Å². The molecule has 0 aliphatic carbocycles. The van der Waals surface area contributed by atoms with Gasteiger partial charge in [0, 0.05) is 31.3 Å². The first-order valence-corrected chi connectivity index (χ1v) is 9.01. The van der Waals surface area contributed by atoms with Crippen molar-refractivity contribution in [1.29, 1.82) is 0 Å². The van der Waals surface area contributed by atoms with E-state index in [1.165, 1.54) is 20.3 Å². The van der Waals surface area contributed by atoms with Crippen molar-refractivity contribution < 1.29 is 24.0 Å². The van der Waals surface area contributed by atoms with Crippen LogP contribution in [0.4, 0.5) is 11.4 Å². The fourth-order valence-electron chi connectivity index (χ4n) is 3.24. The quantitative estimate of drug-likeness (QED) is 0.566. The first kappa shape index (κ1) is 20.1. The van der Waals surface area contributed by atoms with Gasteiger partial charge in [0.05, 0.1) is 25.2 Å². The number of benzene rings is 2. The average Bonchev–Trinajstić information content (AvgIpc) is 3.11. The molecule has 2 amide bonds. The van der Waals surface area contributed by atoms with E-state index < -0.39 is 10.8 Å². The summed E-state index contributed by atoms with van der Waals surface area (Å²) in [6.07, 6.45) is 1.40. The smallest absolute Gasteiger partial charge is 0.286 e.